The van der Waals surface area contributed by atoms with Gasteiger partial charge in [0.15, 0.2) is 5.13 Å². The number of halogens is 2. The highest BCUT2D eigenvalue weighted by Gasteiger charge is 2.23. The van der Waals surface area contributed by atoms with Gasteiger partial charge in [0.05, 0.1) is 15.8 Å². The Labute approximate surface area is 185 Å². The minimum Gasteiger partial charge on any atom is -0.302 e. The van der Waals surface area contributed by atoms with Crippen LogP contribution in [0.1, 0.15) is 29.8 Å². The minimum atomic E-state index is -0.0219. The number of fused-ring (bicyclic) bond motifs is 1. The van der Waals surface area contributed by atoms with Crippen LogP contribution in [0.2, 0.25) is 0 Å². The highest BCUT2D eigenvalue weighted by molar-refractivity contribution is 9.10. The molecule has 7 heteroatoms. The molecule has 150 valence electrons. The predicted octanol–water partition coefficient (Wildman–Crippen LogP) is 5.78. The minimum absolute atomic E-state index is 0. The molecule has 0 aliphatic carbocycles. The predicted molar refractivity (Wildman–Crippen MR) is 125 cm³/mol. The van der Waals surface area contributed by atoms with Crippen LogP contribution < -0.4 is 4.90 Å². The Morgan fingerprint density at radius 3 is 2.43 bits per heavy atom. The van der Waals surface area contributed by atoms with E-state index in [4.69, 9.17) is 4.98 Å². The van der Waals surface area contributed by atoms with Crippen LogP contribution in [0.3, 0.4) is 0 Å². The summed E-state index contributed by atoms with van der Waals surface area (Å²) in [7, 11) is 0. The number of thiazole rings is 1. The van der Waals surface area contributed by atoms with E-state index in [-0.39, 0.29) is 18.3 Å². The zero-order valence-electron chi connectivity index (χ0n) is 16.3. The first-order valence-corrected chi connectivity index (χ1v) is 10.8. The number of amides is 1. The van der Waals surface area contributed by atoms with Crippen molar-refractivity contribution in [3.05, 3.63) is 58.1 Å². The molecule has 0 N–H and O–H groups in total. The molecule has 0 aliphatic heterocycles. The summed E-state index contributed by atoms with van der Waals surface area (Å²) in [5.74, 6) is -0.0219. The van der Waals surface area contributed by atoms with Crippen molar-refractivity contribution in [3.63, 3.8) is 0 Å². The van der Waals surface area contributed by atoms with E-state index in [9.17, 15) is 4.79 Å². The number of anilines is 1. The van der Waals surface area contributed by atoms with E-state index in [0.717, 1.165) is 45.0 Å². The van der Waals surface area contributed by atoms with Gasteiger partial charge in [0.1, 0.15) is 0 Å². The molecule has 4 nitrogen and oxygen atoms in total. The molecule has 0 saturated carbocycles. The fourth-order valence-electron chi connectivity index (χ4n) is 3.04. The molecule has 3 aromatic rings. The van der Waals surface area contributed by atoms with Crippen LogP contribution in [-0.2, 0) is 0 Å². The lowest BCUT2D eigenvalue weighted by molar-refractivity contribution is 0.0983. The molecule has 0 unspecified atom stereocenters. The molecular weight excluding hydrogens is 458 g/mol. The van der Waals surface area contributed by atoms with Crippen LogP contribution >= 0.6 is 39.7 Å². The SMILES string of the molecule is CCN(CC)CCN(C(=O)c1ccccc1Br)c1nc2c(C)cccc2s1.Cl. The van der Waals surface area contributed by atoms with Crippen LogP contribution in [0.5, 0.6) is 0 Å². The Morgan fingerprint density at radius 1 is 1.07 bits per heavy atom. The van der Waals surface area contributed by atoms with Gasteiger partial charge in [-0.2, -0.15) is 0 Å². The van der Waals surface area contributed by atoms with Crippen molar-refractivity contribution in [2.75, 3.05) is 31.1 Å². The van der Waals surface area contributed by atoms with E-state index in [2.05, 4.69) is 53.7 Å². The van der Waals surface area contributed by atoms with E-state index in [1.807, 2.05) is 35.2 Å². The lowest BCUT2D eigenvalue weighted by Crippen LogP contribution is -2.39. The maximum Gasteiger partial charge on any atom is 0.261 e. The quantitative estimate of drug-likeness (QED) is 0.428. The maximum atomic E-state index is 13.4. The van der Waals surface area contributed by atoms with Gasteiger partial charge in [-0.05, 0) is 59.7 Å². The molecule has 3 rings (SSSR count). The molecule has 28 heavy (non-hydrogen) atoms. The number of nitrogens with zero attached hydrogens (tertiary/aromatic N) is 3. The van der Waals surface area contributed by atoms with Gasteiger partial charge in [-0.25, -0.2) is 4.98 Å². The zero-order chi connectivity index (χ0) is 19.4. The topological polar surface area (TPSA) is 36.4 Å². The Kier molecular flexibility index (Phi) is 8.43. The number of para-hydroxylation sites is 1. The number of carbonyl (C=O) groups is 1. The number of likely N-dealkylation sites (N-methyl/N-ethyl adjacent to an activating group) is 1. The van der Waals surface area contributed by atoms with Crippen molar-refractivity contribution in [1.29, 1.82) is 0 Å². The molecule has 1 amide bonds. The van der Waals surface area contributed by atoms with Crippen LogP contribution in [-0.4, -0.2) is 42.0 Å². The van der Waals surface area contributed by atoms with Gasteiger partial charge in [0, 0.05) is 17.6 Å². The molecule has 2 aromatic carbocycles. The smallest absolute Gasteiger partial charge is 0.261 e. The third kappa shape index (κ3) is 4.92. The second-order valence-corrected chi connectivity index (χ2v) is 8.25. The molecule has 1 heterocycles. The Bertz CT molecular complexity index is 942. The van der Waals surface area contributed by atoms with Gasteiger partial charge < -0.3 is 4.90 Å². The standard InChI is InChI=1S/C21H24BrN3OS.ClH/c1-4-24(5-2)13-14-25(20(26)16-10-6-7-11-17(16)22)21-23-19-15(3)9-8-12-18(19)27-21;/h6-12H,4-5,13-14H2,1-3H3;1H. The lowest BCUT2D eigenvalue weighted by Gasteiger charge is -2.25. The fraction of sp³-hybridized carbons (Fsp3) is 0.333. The number of hydrogen-bond donors (Lipinski definition) is 0. The van der Waals surface area contributed by atoms with E-state index < -0.39 is 0 Å². The second-order valence-electron chi connectivity index (χ2n) is 6.38. The van der Waals surface area contributed by atoms with E-state index in [0.29, 0.717) is 12.1 Å². The van der Waals surface area contributed by atoms with Gasteiger partial charge in [0.25, 0.3) is 5.91 Å². The molecule has 1 aromatic heterocycles. The maximum absolute atomic E-state index is 13.4. The number of rotatable bonds is 7. The number of aryl methyl sites for hydroxylation is 1. The highest BCUT2D eigenvalue weighted by atomic mass is 79.9. The molecule has 0 atom stereocenters. The largest absolute Gasteiger partial charge is 0.302 e. The first-order chi connectivity index (χ1) is 13.0. The molecule has 0 spiro atoms. The van der Waals surface area contributed by atoms with Gasteiger partial charge in [-0.1, -0.05) is 49.4 Å². The molecule has 0 aliphatic rings. The first kappa shape index (κ1) is 22.8. The Hall–Kier alpha value is -1.47. The van der Waals surface area contributed by atoms with Gasteiger partial charge in [0.2, 0.25) is 0 Å². The summed E-state index contributed by atoms with van der Waals surface area (Å²) in [6, 6.07) is 13.7. The lowest BCUT2D eigenvalue weighted by atomic mass is 10.2. The number of hydrogen-bond acceptors (Lipinski definition) is 4. The summed E-state index contributed by atoms with van der Waals surface area (Å²) in [6.45, 7) is 9.70. The summed E-state index contributed by atoms with van der Waals surface area (Å²) in [4.78, 5) is 22.3. The van der Waals surface area contributed by atoms with E-state index >= 15 is 0 Å². The summed E-state index contributed by atoms with van der Waals surface area (Å²) in [5, 5.41) is 0.757. The Balaban J connectivity index is 0.00000280. The highest BCUT2D eigenvalue weighted by Crippen LogP contribution is 2.32. The number of benzene rings is 2. The zero-order valence-corrected chi connectivity index (χ0v) is 19.5. The van der Waals surface area contributed by atoms with Crippen LogP contribution in [0.15, 0.2) is 46.9 Å². The molecule has 0 saturated heterocycles. The molecule has 0 fully saturated rings. The van der Waals surface area contributed by atoms with Crippen molar-refractivity contribution >= 4 is 60.9 Å². The van der Waals surface area contributed by atoms with Crippen molar-refractivity contribution in [2.45, 2.75) is 20.8 Å². The van der Waals surface area contributed by atoms with Crippen molar-refractivity contribution in [3.8, 4) is 0 Å². The number of carbonyl (C=O) groups excluding carboxylic acids is 1. The van der Waals surface area contributed by atoms with E-state index in [1.54, 1.807) is 11.3 Å². The van der Waals surface area contributed by atoms with Crippen molar-refractivity contribution < 1.29 is 4.79 Å². The Morgan fingerprint density at radius 2 is 1.79 bits per heavy atom. The van der Waals surface area contributed by atoms with Gasteiger partial charge >= 0.3 is 0 Å². The van der Waals surface area contributed by atoms with Crippen molar-refractivity contribution in [2.24, 2.45) is 0 Å². The van der Waals surface area contributed by atoms with Gasteiger partial charge in [-0.3, -0.25) is 9.69 Å². The first-order valence-electron chi connectivity index (χ1n) is 9.20. The normalized spacial score (nSPS) is 10.9. The van der Waals surface area contributed by atoms with E-state index in [1.165, 1.54) is 0 Å². The third-order valence-electron chi connectivity index (χ3n) is 4.72. The molecular formula is C21H25BrClN3OS. The van der Waals surface area contributed by atoms with Gasteiger partial charge in [-0.15, -0.1) is 12.4 Å². The average molecular weight is 483 g/mol. The van der Waals surface area contributed by atoms with Crippen LogP contribution in [0.4, 0.5) is 5.13 Å². The average Bonchev–Trinajstić information content (AvgIpc) is 3.10. The summed E-state index contributed by atoms with van der Waals surface area (Å²) in [6.07, 6.45) is 0. The summed E-state index contributed by atoms with van der Waals surface area (Å²) < 4.78 is 1.91. The summed E-state index contributed by atoms with van der Waals surface area (Å²) >= 11 is 5.09. The monoisotopic (exact) mass is 481 g/mol. The second kappa shape index (κ2) is 10.3. The van der Waals surface area contributed by atoms with Crippen molar-refractivity contribution in [1.82, 2.24) is 9.88 Å². The van der Waals surface area contributed by atoms with Crippen LogP contribution in [0.25, 0.3) is 10.2 Å². The van der Waals surface area contributed by atoms with Crippen LogP contribution in [0, 0.1) is 6.92 Å². The molecule has 0 bridgehead atoms. The third-order valence-corrected chi connectivity index (χ3v) is 6.46. The molecule has 0 radical (unpaired) electrons. The fourth-order valence-corrected chi connectivity index (χ4v) is 4.56. The number of aromatic nitrogens is 1. The summed E-state index contributed by atoms with van der Waals surface area (Å²) in [5.41, 5.74) is 2.77.